The van der Waals surface area contributed by atoms with Crippen LogP contribution in [0.5, 0.6) is 0 Å². The highest BCUT2D eigenvalue weighted by Gasteiger charge is 2.02. The van der Waals surface area contributed by atoms with Gasteiger partial charge in [0.2, 0.25) is 0 Å². The van der Waals surface area contributed by atoms with E-state index in [0.717, 1.165) is 0 Å². The molecule has 0 fully saturated rings. The number of hydrogen-bond acceptors (Lipinski definition) is 3. The zero-order chi connectivity index (χ0) is 18.2. The Balaban J connectivity index is 0.000000413. The highest BCUT2D eigenvalue weighted by molar-refractivity contribution is 5.85. The van der Waals surface area contributed by atoms with Gasteiger partial charge in [-0.3, -0.25) is 0 Å². The minimum Gasteiger partial charge on any atom is -0.477 e. The van der Waals surface area contributed by atoms with Crippen LogP contribution in [0.2, 0.25) is 0 Å². The molecule has 1 heterocycles. The molecule has 0 spiro atoms. The molecule has 0 saturated heterocycles. The molecule has 0 aliphatic rings. The molecule has 2 rings (SSSR count). The Morgan fingerprint density at radius 1 is 1.17 bits per heavy atom. The third-order valence-electron chi connectivity index (χ3n) is 2.91. The molecule has 0 radical (unpaired) electrons. The lowest BCUT2D eigenvalue weighted by atomic mass is 10.1. The normalized spacial score (nSPS) is 10.0. The molecule has 126 valence electrons. The number of carboxylic acids is 1. The predicted molar refractivity (Wildman–Crippen MR) is 92.4 cm³/mol. The summed E-state index contributed by atoms with van der Waals surface area (Å²) in [4.78, 5) is 14.3. The quantitative estimate of drug-likeness (QED) is 0.788. The average molecular weight is 328 g/mol. The fraction of sp³-hybridized carbons (Fsp3) is 0.263. The predicted octanol–water partition coefficient (Wildman–Crippen LogP) is 3.32. The summed E-state index contributed by atoms with van der Waals surface area (Å²) in [7, 11) is 1.96. The number of aromatic carboxylic acids is 1. The van der Waals surface area contributed by atoms with E-state index < -0.39 is 5.97 Å². The van der Waals surface area contributed by atoms with E-state index in [4.69, 9.17) is 5.11 Å². The summed E-state index contributed by atoms with van der Waals surface area (Å²) in [5.41, 5.74) is 1.38. The molecule has 0 saturated carbocycles. The topological polar surface area (TPSA) is 62.2 Å². The zero-order valence-corrected chi connectivity index (χ0v) is 14.2. The second-order valence-corrected chi connectivity index (χ2v) is 6.00. The molecule has 0 bridgehead atoms. The molecule has 24 heavy (non-hydrogen) atoms. The Kier molecular flexibility index (Phi) is 7.09. The second-order valence-electron chi connectivity index (χ2n) is 6.00. The monoisotopic (exact) mass is 328 g/mol. The fourth-order valence-electron chi connectivity index (χ4n) is 1.30. The first-order chi connectivity index (χ1) is 11.2. The third kappa shape index (κ3) is 7.52. The Morgan fingerprint density at radius 2 is 1.79 bits per heavy atom. The van der Waals surface area contributed by atoms with Gasteiger partial charge < -0.3 is 10.4 Å². The summed E-state index contributed by atoms with van der Waals surface area (Å²) in [6.45, 7) is 6.40. The lowest BCUT2D eigenvalue weighted by Crippen LogP contribution is -2.31. The van der Waals surface area contributed by atoms with Gasteiger partial charge in [-0.15, -0.1) is 0 Å². The Labute approximate surface area is 141 Å². The van der Waals surface area contributed by atoms with Crippen LogP contribution in [0.1, 0.15) is 42.4 Å². The van der Waals surface area contributed by atoms with Gasteiger partial charge in [0.1, 0.15) is 11.5 Å². The van der Waals surface area contributed by atoms with Gasteiger partial charge in [0, 0.05) is 22.9 Å². The van der Waals surface area contributed by atoms with E-state index >= 15 is 0 Å². The van der Waals surface area contributed by atoms with E-state index in [1.165, 1.54) is 24.4 Å². The lowest BCUT2D eigenvalue weighted by Gasteiger charge is -2.15. The van der Waals surface area contributed by atoms with Crippen molar-refractivity contribution >= 4 is 5.97 Å². The SMILES string of the molecule is CNC(C)(C)C.O=C(O)c1ccc(C#Cc2cccc(F)c2)cn1. The van der Waals surface area contributed by atoms with Crippen LogP contribution in [0, 0.1) is 17.7 Å². The maximum atomic E-state index is 12.9. The first-order valence-electron chi connectivity index (χ1n) is 7.37. The molecule has 0 aliphatic carbocycles. The highest BCUT2D eigenvalue weighted by Crippen LogP contribution is 2.03. The van der Waals surface area contributed by atoms with Crippen molar-refractivity contribution in [3.8, 4) is 11.8 Å². The molecule has 0 amide bonds. The summed E-state index contributed by atoms with van der Waals surface area (Å²) in [5, 5.41) is 11.8. The van der Waals surface area contributed by atoms with Crippen LogP contribution in [-0.4, -0.2) is 28.6 Å². The number of benzene rings is 1. The Bertz CT molecular complexity index is 738. The summed E-state index contributed by atoms with van der Waals surface area (Å²) < 4.78 is 12.9. The number of carboxylic acid groups (broad SMARTS) is 1. The molecule has 5 heteroatoms. The molecular weight excluding hydrogens is 307 g/mol. The largest absolute Gasteiger partial charge is 0.477 e. The Morgan fingerprint density at radius 3 is 2.25 bits per heavy atom. The Hall–Kier alpha value is -2.71. The van der Waals surface area contributed by atoms with Crippen LogP contribution in [0.25, 0.3) is 0 Å². The second kappa shape index (κ2) is 8.80. The van der Waals surface area contributed by atoms with Crippen LogP contribution in [0.3, 0.4) is 0 Å². The van der Waals surface area contributed by atoms with Gasteiger partial charge in [0.05, 0.1) is 0 Å². The minimum atomic E-state index is -1.08. The first-order valence-corrected chi connectivity index (χ1v) is 7.37. The standard InChI is InChI=1S/C14H8FNO2.C5H13N/c15-12-3-1-2-10(8-12)4-5-11-6-7-13(14(17)18)16-9-11;1-5(2,3)6-4/h1-3,6-9H,(H,17,18);6H,1-4H3. The third-order valence-corrected chi connectivity index (χ3v) is 2.91. The van der Waals surface area contributed by atoms with Crippen molar-refractivity contribution in [1.82, 2.24) is 10.3 Å². The summed E-state index contributed by atoms with van der Waals surface area (Å²) in [5.74, 6) is 4.13. The number of nitrogens with one attached hydrogen (secondary N) is 1. The summed E-state index contributed by atoms with van der Waals surface area (Å²) in [6, 6.07) is 8.86. The summed E-state index contributed by atoms with van der Waals surface area (Å²) in [6.07, 6.45) is 1.37. The smallest absolute Gasteiger partial charge is 0.354 e. The first kappa shape index (κ1) is 19.3. The van der Waals surface area contributed by atoms with E-state index in [1.54, 1.807) is 18.2 Å². The van der Waals surface area contributed by atoms with Crippen LogP contribution >= 0.6 is 0 Å². The lowest BCUT2D eigenvalue weighted by molar-refractivity contribution is 0.0690. The number of carbonyl (C=O) groups is 1. The number of hydrogen-bond donors (Lipinski definition) is 2. The minimum absolute atomic E-state index is 0.0358. The maximum Gasteiger partial charge on any atom is 0.354 e. The van der Waals surface area contributed by atoms with E-state index in [1.807, 2.05) is 7.05 Å². The van der Waals surface area contributed by atoms with E-state index in [9.17, 15) is 9.18 Å². The van der Waals surface area contributed by atoms with Gasteiger partial charge in [-0.2, -0.15) is 0 Å². The van der Waals surface area contributed by atoms with Gasteiger partial charge in [0.25, 0.3) is 0 Å². The number of halogens is 1. The van der Waals surface area contributed by atoms with Crippen LogP contribution < -0.4 is 5.32 Å². The van der Waals surface area contributed by atoms with Gasteiger partial charge in [-0.1, -0.05) is 17.9 Å². The van der Waals surface area contributed by atoms with Crippen LogP contribution in [0.15, 0.2) is 42.6 Å². The average Bonchev–Trinajstić information content (AvgIpc) is 2.53. The maximum absolute atomic E-state index is 12.9. The van der Waals surface area contributed by atoms with Crippen molar-refractivity contribution in [1.29, 1.82) is 0 Å². The van der Waals surface area contributed by atoms with E-state index in [-0.39, 0.29) is 11.5 Å². The molecule has 4 nitrogen and oxygen atoms in total. The summed E-state index contributed by atoms with van der Waals surface area (Å²) >= 11 is 0. The van der Waals surface area contributed by atoms with E-state index in [2.05, 4.69) is 42.9 Å². The van der Waals surface area contributed by atoms with Crippen molar-refractivity contribution in [2.24, 2.45) is 0 Å². The van der Waals surface area contributed by atoms with Crippen molar-refractivity contribution in [2.75, 3.05) is 7.05 Å². The number of rotatable bonds is 1. The van der Waals surface area contributed by atoms with Gasteiger partial charge in [-0.05, 0) is 58.2 Å². The van der Waals surface area contributed by atoms with Gasteiger partial charge in [-0.25, -0.2) is 14.2 Å². The van der Waals surface area contributed by atoms with Crippen molar-refractivity contribution in [3.05, 3.63) is 65.2 Å². The molecule has 2 N–H and O–H groups in total. The molecule has 1 aromatic carbocycles. The molecular formula is C19H21FN2O2. The fourth-order valence-corrected chi connectivity index (χ4v) is 1.30. The number of nitrogens with zero attached hydrogens (tertiary/aromatic N) is 1. The number of pyridine rings is 1. The van der Waals surface area contributed by atoms with E-state index in [0.29, 0.717) is 16.7 Å². The van der Waals surface area contributed by atoms with Crippen molar-refractivity contribution in [2.45, 2.75) is 26.3 Å². The molecule has 0 unspecified atom stereocenters. The zero-order valence-electron chi connectivity index (χ0n) is 14.2. The molecule has 0 atom stereocenters. The highest BCUT2D eigenvalue weighted by atomic mass is 19.1. The van der Waals surface area contributed by atoms with Crippen LogP contribution in [-0.2, 0) is 0 Å². The van der Waals surface area contributed by atoms with Crippen molar-refractivity contribution in [3.63, 3.8) is 0 Å². The van der Waals surface area contributed by atoms with Gasteiger partial charge in [0.15, 0.2) is 0 Å². The molecule has 0 aliphatic heterocycles. The van der Waals surface area contributed by atoms with Gasteiger partial charge >= 0.3 is 5.97 Å². The molecule has 2 aromatic rings. The van der Waals surface area contributed by atoms with Crippen LogP contribution in [0.4, 0.5) is 4.39 Å². The number of aromatic nitrogens is 1. The van der Waals surface area contributed by atoms with Crippen molar-refractivity contribution < 1.29 is 14.3 Å². The molecule has 1 aromatic heterocycles.